The molecule has 0 radical (unpaired) electrons. The topological polar surface area (TPSA) is 60.4 Å². The number of hydrogen-bond acceptors (Lipinski definition) is 4. The molecule has 0 heterocycles. The summed E-state index contributed by atoms with van der Waals surface area (Å²) >= 11 is 0. The molecule has 5 heteroatoms. The van der Waals surface area contributed by atoms with Gasteiger partial charge in [-0.15, -0.1) is 0 Å². The van der Waals surface area contributed by atoms with Crippen molar-refractivity contribution in [2.75, 3.05) is 6.61 Å². The number of Topliss-reactive ketones (excluding diaryl/α,β-unsaturated/α-hetero) is 1. The van der Waals surface area contributed by atoms with E-state index in [4.69, 9.17) is 9.30 Å². The van der Waals surface area contributed by atoms with Gasteiger partial charge in [-0.1, -0.05) is 61.8 Å². The van der Waals surface area contributed by atoms with Crippen molar-refractivity contribution in [3.8, 4) is 0 Å². The molecule has 0 aromatic heterocycles. The molecule has 0 saturated carbocycles. The van der Waals surface area contributed by atoms with E-state index >= 15 is 0 Å². The predicted molar refractivity (Wildman–Crippen MR) is 109 cm³/mol. The van der Waals surface area contributed by atoms with Crippen molar-refractivity contribution in [1.82, 2.24) is 0 Å². The van der Waals surface area contributed by atoms with Crippen LogP contribution >= 0.6 is 9.12 Å². The Morgan fingerprint density at radius 2 is 1.50 bits per heavy atom. The minimum Gasteiger partial charge on any atom is -0.465 e. The predicted octanol–water partition coefficient (Wildman–Crippen LogP) is 5.54. The summed E-state index contributed by atoms with van der Waals surface area (Å²) in [6.45, 7) is 10.5. The standard InChI is InChI=1S/C21H32O3.H2OP/c1-6-8-10-12-24-21(23)18(11-9-7-2)20(22)19-16(4)13-15(3)14-17(19)5;1-2/h13-14,18H,6-12H2,1-5H3;2H2/q;+1. The van der Waals surface area contributed by atoms with Gasteiger partial charge < -0.3 is 4.74 Å². The van der Waals surface area contributed by atoms with Crippen LogP contribution in [0.4, 0.5) is 0 Å². The second-order valence-corrected chi connectivity index (χ2v) is 6.71. The zero-order valence-corrected chi connectivity index (χ0v) is 18.0. The van der Waals surface area contributed by atoms with Crippen molar-refractivity contribution in [3.63, 3.8) is 0 Å². The molecule has 1 aromatic rings. The van der Waals surface area contributed by atoms with Crippen molar-refractivity contribution in [3.05, 3.63) is 34.4 Å². The summed E-state index contributed by atoms with van der Waals surface area (Å²) in [4.78, 5) is 25.5. The number of carbonyl (C=O) groups is 2. The molecule has 0 amide bonds. The van der Waals surface area contributed by atoms with E-state index in [-0.39, 0.29) is 11.8 Å². The lowest BCUT2D eigenvalue weighted by Crippen LogP contribution is -2.28. The van der Waals surface area contributed by atoms with Gasteiger partial charge in [-0.05, 0) is 44.7 Å². The Balaban J connectivity index is 0.00000301. The average molecular weight is 381 g/mol. The molecular weight excluding hydrogens is 347 g/mol. The van der Waals surface area contributed by atoms with Gasteiger partial charge in [0.25, 0.3) is 0 Å². The highest BCUT2D eigenvalue weighted by atomic mass is 31.0. The van der Waals surface area contributed by atoms with Gasteiger partial charge in [0, 0.05) is 5.56 Å². The molecule has 26 heavy (non-hydrogen) atoms. The number of rotatable bonds is 10. The first-order valence-electron chi connectivity index (χ1n) is 9.44. The van der Waals surface area contributed by atoms with Gasteiger partial charge in [0.1, 0.15) is 5.92 Å². The van der Waals surface area contributed by atoms with Crippen molar-refractivity contribution in [2.24, 2.45) is 5.92 Å². The Morgan fingerprint density at radius 3 is 2.00 bits per heavy atom. The van der Waals surface area contributed by atoms with Crippen LogP contribution in [-0.2, 0) is 14.1 Å². The van der Waals surface area contributed by atoms with Crippen LogP contribution in [0.15, 0.2) is 12.1 Å². The number of carbonyl (C=O) groups excluding carboxylic acids is 2. The van der Waals surface area contributed by atoms with Crippen molar-refractivity contribution in [2.45, 2.75) is 73.1 Å². The van der Waals surface area contributed by atoms with Crippen molar-refractivity contribution in [1.29, 1.82) is 0 Å². The van der Waals surface area contributed by atoms with Crippen molar-refractivity contribution < 1.29 is 18.9 Å². The molecule has 0 saturated heterocycles. The lowest BCUT2D eigenvalue weighted by atomic mass is 9.87. The number of ether oxygens (including phenoxy) is 1. The zero-order valence-electron chi connectivity index (χ0n) is 16.9. The second-order valence-electron chi connectivity index (χ2n) is 6.71. The van der Waals surface area contributed by atoms with Crippen molar-refractivity contribution >= 4 is 20.9 Å². The zero-order chi connectivity index (χ0) is 20.1. The molecule has 0 aliphatic carbocycles. The fraction of sp³-hybridized carbons (Fsp3) is 0.619. The summed E-state index contributed by atoms with van der Waals surface area (Å²) in [5, 5.41) is 0. The van der Waals surface area contributed by atoms with E-state index in [9.17, 15) is 9.59 Å². The van der Waals surface area contributed by atoms with E-state index in [2.05, 4.69) is 13.8 Å². The van der Waals surface area contributed by atoms with Crippen LogP contribution in [-0.4, -0.2) is 18.4 Å². The Morgan fingerprint density at radius 1 is 0.962 bits per heavy atom. The van der Waals surface area contributed by atoms with Gasteiger partial charge in [0.2, 0.25) is 0 Å². The summed E-state index contributed by atoms with van der Waals surface area (Å²) in [7, 11) is 1.17. The fourth-order valence-corrected chi connectivity index (χ4v) is 3.13. The average Bonchev–Trinajstić information content (AvgIpc) is 2.60. The summed E-state index contributed by atoms with van der Waals surface area (Å²) in [5.74, 6) is -1.12. The Bertz CT molecular complexity index is 560. The molecule has 1 rings (SSSR count). The molecule has 0 bridgehead atoms. The SMILES string of the molecule is CCCCCOC(=O)C(CCCC)C(=O)c1c(C)cc(C)cc1C.O=[PH2+]. The first-order chi connectivity index (χ1) is 12.4. The van der Waals surface area contributed by atoms with Crippen LogP contribution in [0.1, 0.15) is 79.4 Å². The minimum atomic E-state index is -0.674. The quantitative estimate of drug-likeness (QED) is 0.175. The van der Waals surface area contributed by atoms with Crippen LogP contribution in [0.3, 0.4) is 0 Å². The largest absolute Gasteiger partial charge is 0.465 e. The number of hydrogen-bond donors (Lipinski definition) is 0. The highest BCUT2D eigenvalue weighted by Gasteiger charge is 2.30. The molecule has 0 aliphatic heterocycles. The van der Waals surface area contributed by atoms with E-state index in [0.717, 1.165) is 48.8 Å². The van der Waals surface area contributed by atoms with E-state index in [0.29, 0.717) is 18.6 Å². The maximum absolute atomic E-state index is 13.0. The summed E-state index contributed by atoms with van der Waals surface area (Å²) in [6, 6.07) is 4.01. The highest BCUT2D eigenvalue weighted by Crippen LogP contribution is 2.24. The summed E-state index contributed by atoms with van der Waals surface area (Å²) in [6.07, 6.45) is 5.35. The van der Waals surface area contributed by atoms with Gasteiger partial charge in [-0.2, -0.15) is 0 Å². The smallest absolute Gasteiger partial charge is 0.316 e. The number of benzene rings is 1. The maximum Gasteiger partial charge on any atom is 0.316 e. The monoisotopic (exact) mass is 381 g/mol. The second kappa shape index (κ2) is 13.6. The molecule has 2 unspecified atom stereocenters. The van der Waals surface area contributed by atoms with Crippen LogP contribution in [0.5, 0.6) is 0 Å². The van der Waals surface area contributed by atoms with Gasteiger partial charge in [-0.3, -0.25) is 9.59 Å². The first-order valence-corrected chi connectivity index (χ1v) is 9.91. The number of esters is 1. The molecule has 0 spiro atoms. The van der Waals surface area contributed by atoms with Gasteiger partial charge >= 0.3 is 15.1 Å². The summed E-state index contributed by atoms with van der Waals surface area (Å²) < 4.78 is 13.6. The van der Waals surface area contributed by atoms with E-state index in [1.807, 2.05) is 32.9 Å². The third kappa shape index (κ3) is 7.78. The highest BCUT2D eigenvalue weighted by molar-refractivity contribution is 7.00. The first kappa shape index (κ1) is 24.5. The Kier molecular flexibility index (Phi) is 12.8. The molecule has 0 fully saturated rings. The normalized spacial score (nSPS) is 11.3. The van der Waals surface area contributed by atoms with Gasteiger partial charge in [-0.25, -0.2) is 0 Å². The van der Waals surface area contributed by atoms with E-state index in [1.165, 1.54) is 9.12 Å². The van der Waals surface area contributed by atoms with Crippen LogP contribution in [0.25, 0.3) is 0 Å². The van der Waals surface area contributed by atoms with Crippen LogP contribution in [0.2, 0.25) is 0 Å². The molecule has 146 valence electrons. The molecular formula is C21H34O4P+. The molecule has 2 atom stereocenters. The Hall–Kier alpha value is -1.54. The van der Waals surface area contributed by atoms with Gasteiger partial charge in [0.05, 0.1) is 6.61 Å². The van der Waals surface area contributed by atoms with Crippen LogP contribution in [0, 0.1) is 26.7 Å². The number of unbranched alkanes of at least 4 members (excludes halogenated alkanes) is 3. The maximum atomic E-state index is 13.0. The number of aryl methyl sites for hydroxylation is 3. The molecule has 0 aliphatic rings. The molecule has 4 nitrogen and oxygen atoms in total. The summed E-state index contributed by atoms with van der Waals surface area (Å²) in [5.41, 5.74) is 3.71. The lowest BCUT2D eigenvalue weighted by molar-refractivity contribution is -0.147. The molecule has 1 aromatic carbocycles. The van der Waals surface area contributed by atoms with E-state index < -0.39 is 5.92 Å². The minimum absolute atomic E-state index is 0.0843. The number of ketones is 1. The van der Waals surface area contributed by atoms with Gasteiger partial charge in [0.15, 0.2) is 5.78 Å². The third-order valence-corrected chi connectivity index (χ3v) is 4.36. The lowest BCUT2D eigenvalue weighted by Gasteiger charge is -2.18. The third-order valence-electron chi connectivity index (χ3n) is 4.36. The van der Waals surface area contributed by atoms with Crippen LogP contribution < -0.4 is 0 Å². The fourth-order valence-electron chi connectivity index (χ4n) is 3.13. The Labute approximate surface area is 160 Å². The molecule has 0 N–H and O–H groups in total. The van der Waals surface area contributed by atoms with E-state index in [1.54, 1.807) is 0 Å².